The van der Waals surface area contributed by atoms with Crippen LogP contribution < -0.4 is 9.62 Å². The van der Waals surface area contributed by atoms with Crippen molar-refractivity contribution in [3.05, 3.63) is 43.0 Å². The Bertz CT molecular complexity index is 1090. The zero-order chi connectivity index (χ0) is 23.1. The molecule has 7 nitrogen and oxygen atoms in total. The lowest BCUT2D eigenvalue weighted by Crippen LogP contribution is -2.53. The molecular weight excluding hydrogens is 452 g/mol. The van der Waals surface area contributed by atoms with Gasteiger partial charge in [0.25, 0.3) is 0 Å². The molecule has 1 aliphatic heterocycles. The fraction of sp³-hybridized carbons (Fsp3) is 0.542. The van der Waals surface area contributed by atoms with Gasteiger partial charge in [-0.15, -0.1) is 4.72 Å². The van der Waals surface area contributed by atoms with Gasteiger partial charge in [-0.1, -0.05) is 24.2 Å². The van der Waals surface area contributed by atoms with Crippen molar-refractivity contribution in [3.8, 4) is 0 Å². The number of fused-ring (bicyclic) bond motifs is 1. The Morgan fingerprint density at radius 2 is 1.94 bits per heavy atom. The Kier molecular flexibility index (Phi) is 6.32. The molecule has 1 aliphatic carbocycles. The van der Waals surface area contributed by atoms with Gasteiger partial charge in [-0.2, -0.15) is 0 Å². The number of nitrogens with zero attached hydrogens (tertiary/aromatic N) is 5. The fourth-order valence-electron chi connectivity index (χ4n) is 5.09. The van der Waals surface area contributed by atoms with Crippen LogP contribution in [0.2, 0.25) is 0 Å². The molecular formula is C24H32N6OS2. The van der Waals surface area contributed by atoms with Crippen molar-refractivity contribution in [3.63, 3.8) is 0 Å². The molecule has 176 valence electrons. The number of piperidine rings is 1. The highest BCUT2D eigenvalue weighted by atomic mass is 32.2. The van der Waals surface area contributed by atoms with E-state index in [1.54, 1.807) is 18.0 Å². The number of hydrogen-bond donors (Lipinski definition) is 1. The van der Waals surface area contributed by atoms with Crippen molar-refractivity contribution in [1.82, 2.24) is 24.1 Å². The summed E-state index contributed by atoms with van der Waals surface area (Å²) in [5.74, 6) is 0.948. The summed E-state index contributed by atoms with van der Waals surface area (Å²) < 4.78 is 18.1. The van der Waals surface area contributed by atoms with Gasteiger partial charge in [0.05, 0.1) is 10.9 Å². The summed E-state index contributed by atoms with van der Waals surface area (Å²) in [5.41, 5.74) is 1.15. The van der Waals surface area contributed by atoms with E-state index < -0.39 is 11.4 Å². The van der Waals surface area contributed by atoms with Crippen LogP contribution in [0.25, 0.3) is 5.65 Å². The molecule has 1 N–H and O–H groups in total. The van der Waals surface area contributed by atoms with Crippen molar-refractivity contribution in [2.24, 2.45) is 5.41 Å². The molecule has 4 heterocycles. The van der Waals surface area contributed by atoms with Gasteiger partial charge in [-0.3, -0.25) is 4.40 Å². The average Bonchev–Trinajstić information content (AvgIpc) is 3.43. The second-order valence-corrected chi connectivity index (χ2v) is 13.2. The molecule has 0 amide bonds. The molecule has 0 aromatic carbocycles. The molecule has 9 heteroatoms. The largest absolute Gasteiger partial charge is 0.598 e. The number of rotatable bonds is 5. The van der Waals surface area contributed by atoms with Crippen molar-refractivity contribution in [2.75, 3.05) is 18.0 Å². The van der Waals surface area contributed by atoms with Gasteiger partial charge < -0.3 is 9.45 Å². The Morgan fingerprint density at radius 1 is 1.12 bits per heavy atom. The highest BCUT2D eigenvalue weighted by Crippen LogP contribution is 2.47. The highest BCUT2D eigenvalue weighted by molar-refractivity contribution is 7.99. The average molecular weight is 485 g/mol. The minimum atomic E-state index is -1.03. The summed E-state index contributed by atoms with van der Waals surface area (Å²) in [6.07, 6.45) is 13.3. The van der Waals surface area contributed by atoms with Crippen molar-refractivity contribution in [1.29, 1.82) is 0 Å². The zero-order valence-electron chi connectivity index (χ0n) is 19.5. The van der Waals surface area contributed by atoms with Crippen LogP contribution in [-0.2, 0) is 11.4 Å². The first kappa shape index (κ1) is 23.0. The first-order chi connectivity index (χ1) is 15.9. The maximum atomic E-state index is 12.8. The van der Waals surface area contributed by atoms with Gasteiger partial charge >= 0.3 is 0 Å². The quantitative estimate of drug-likeness (QED) is 0.535. The van der Waals surface area contributed by atoms with Crippen molar-refractivity contribution < 1.29 is 4.55 Å². The van der Waals surface area contributed by atoms with Gasteiger partial charge in [-0.05, 0) is 64.0 Å². The Balaban J connectivity index is 1.32. The van der Waals surface area contributed by atoms with Crippen LogP contribution in [0.3, 0.4) is 0 Å². The maximum Gasteiger partial charge on any atom is 0.211 e. The lowest BCUT2D eigenvalue weighted by Gasteiger charge is -2.44. The standard InChI is InChI=1S/C24H32N6OS2/c1-23(2,3)33(31)28-19-7-6-9-24(19)10-14-29(15-11-24)22-27-17-18(21-26-13-16-30(21)22)32-20-8-4-5-12-25-20/h4-5,8,12-13,16-17,19,28H,6-7,9-11,14-15H2,1-3H3/t19-,33?/m1/s1. The second kappa shape index (κ2) is 9.09. The molecule has 1 saturated heterocycles. The summed E-state index contributed by atoms with van der Waals surface area (Å²) in [4.78, 5) is 17.3. The van der Waals surface area contributed by atoms with Crippen LogP contribution in [-0.4, -0.2) is 47.8 Å². The van der Waals surface area contributed by atoms with Crippen LogP contribution in [0.15, 0.2) is 52.9 Å². The van der Waals surface area contributed by atoms with E-state index in [4.69, 9.17) is 4.98 Å². The molecule has 1 saturated carbocycles. The van der Waals surface area contributed by atoms with E-state index in [-0.39, 0.29) is 10.2 Å². The van der Waals surface area contributed by atoms with E-state index in [1.807, 2.05) is 57.6 Å². The predicted molar refractivity (Wildman–Crippen MR) is 134 cm³/mol. The summed E-state index contributed by atoms with van der Waals surface area (Å²) in [7, 11) is 0. The molecule has 2 fully saturated rings. The normalized spacial score (nSPS) is 21.7. The number of pyridine rings is 1. The molecule has 3 aromatic rings. The predicted octanol–water partition coefficient (Wildman–Crippen LogP) is 4.47. The molecule has 2 aliphatic rings. The van der Waals surface area contributed by atoms with Crippen LogP contribution in [0.1, 0.15) is 52.9 Å². The molecule has 2 atom stereocenters. The second-order valence-electron chi connectivity index (χ2n) is 10.1. The molecule has 1 unspecified atom stereocenters. The van der Waals surface area contributed by atoms with E-state index in [2.05, 4.69) is 24.0 Å². The molecule has 3 aromatic heterocycles. The van der Waals surface area contributed by atoms with E-state index in [1.165, 1.54) is 12.8 Å². The minimum absolute atomic E-state index is 0.236. The first-order valence-electron chi connectivity index (χ1n) is 11.7. The third kappa shape index (κ3) is 4.60. The molecule has 0 radical (unpaired) electrons. The SMILES string of the molecule is CC(C)(C)[S+]([O-])N[C@@H]1CCCC12CCN(c1ncc(Sc3ccccn3)c3nccn13)CC2. The number of imidazole rings is 1. The molecule has 5 rings (SSSR count). The summed E-state index contributed by atoms with van der Waals surface area (Å²) in [5, 5.41) is 0.935. The summed E-state index contributed by atoms with van der Waals surface area (Å²) in [6.45, 7) is 8.02. The molecule has 1 spiro atoms. The lowest BCUT2D eigenvalue weighted by molar-refractivity contribution is 0.186. The first-order valence-corrected chi connectivity index (χ1v) is 13.7. The third-order valence-corrected chi connectivity index (χ3v) is 9.55. The Morgan fingerprint density at radius 3 is 2.67 bits per heavy atom. The van der Waals surface area contributed by atoms with Crippen LogP contribution in [0.5, 0.6) is 0 Å². The lowest BCUT2D eigenvalue weighted by atomic mass is 9.74. The Labute approximate surface area is 203 Å². The summed E-state index contributed by atoms with van der Waals surface area (Å²) >= 11 is 0.559. The van der Waals surface area contributed by atoms with Crippen molar-refractivity contribution >= 4 is 34.7 Å². The number of aromatic nitrogens is 4. The van der Waals surface area contributed by atoms with Crippen LogP contribution in [0, 0.1) is 5.41 Å². The number of anilines is 1. The van der Waals surface area contributed by atoms with Crippen LogP contribution in [0.4, 0.5) is 5.95 Å². The number of hydrogen-bond acceptors (Lipinski definition) is 7. The smallest absolute Gasteiger partial charge is 0.211 e. The van der Waals surface area contributed by atoms with Gasteiger partial charge in [-0.25, -0.2) is 15.0 Å². The van der Waals surface area contributed by atoms with E-state index in [0.29, 0.717) is 6.04 Å². The van der Waals surface area contributed by atoms with Gasteiger partial charge in [0.15, 0.2) is 5.65 Å². The molecule has 0 bridgehead atoms. The zero-order valence-corrected chi connectivity index (χ0v) is 21.2. The Hall–Kier alpha value is -1.81. The third-order valence-electron chi connectivity index (χ3n) is 6.98. The van der Waals surface area contributed by atoms with Gasteiger partial charge in [0.2, 0.25) is 5.95 Å². The minimum Gasteiger partial charge on any atom is -0.598 e. The fourth-order valence-corrected chi connectivity index (χ4v) is 6.90. The van der Waals surface area contributed by atoms with Crippen LogP contribution >= 0.6 is 11.8 Å². The van der Waals surface area contributed by atoms with Gasteiger partial charge in [0.1, 0.15) is 9.77 Å². The monoisotopic (exact) mass is 484 g/mol. The maximum absolute atomic E-state index is 12.8. The topological polar surface area (TPSA) is 81.4 Å². The van der Waals surface area contributed by atoms with E-state index in [0.717, 1.165) is 53.9 Å². The van der Waals surface area contributed by atoms with E-state index in [9.17, 15) is 4.55 Å². The molecule has 33 heavy (non-hydrogen) atoms. The van der Waals surface area contributed by atoms with Gasteiger partial charge in [0, 0.05) is 49.2 Å². The number of nitrogens with one attached hydrogen (secondary N) is 1. The summed E-state index contributed by atoms with van der Waals surface area (Å²) in [6, 6.07) is 6.25. The van der Waals surface area contributed by atoms with Crippen molar-refractivity contribution in [2.45, 2.75) is 73.6 Å². The highest BCUT2D eigenvalue weighted by Gasteiger charge is 2.48. The van der Waals surface area contributed by atoms with E-state index >= 15 is 0 Å².